The van der Waals surface area contributed by atoms with Crippen molar-refractivity contribution in [1.29, 1.82) is 0 Å². The second kappa shape index (κ2) is 4.68. The van der Waals surface area contributed by atoms with E-state index < -0.39 is 12.7 Å². The van der Waals surface area contributed by atoms with Crippen LogP contribution in [0.3, 0.4) is 0 Å². The average molecular weight is 222 g/mol. The minimum absolute atomic E-state index is 0.267. The summed E-state index contributed by atoms with van der Waals surface area (Å²) in [5, 5.41) is 17.9. The van der Waals surface area contributed by atoms with Crippen molar-refractivity contribution < 1.29 is 19.6 Å². The molecule has 0 atom stereocenters. The summed E-state index contributed by atoms with van der Waals surface area (Å²) in [6.07, 6.45) is 0.632. The van der Waals surface area contributed by atoms with E-state index in [4.69, 9.17) is 14.8 Å². The molecule has 0 saturated heterocycles. The number of hydrogen-bond donors (Lipinski definition) is 2. The molecule has 0 heterocycles. The van der Waals surface area contributed by atoms with E-state index in [-0.39, 0.29) is 5.46 Å². The van der Waals surface area contributed by atoms with Crippen molar-refractivity contribution in [3.8, 4) is 5.75 Å². The van der Waals surface area contributed by atoms with E-state index in [1.54, 1.807) is 6.07 Å². The largest absolute Gasteiger partial charge is 0.488 e. The van der Waals surface area contributed by atoms with Crippen LogP contribution in [0.15, 0.2) is 18.2 Å². The van der Waals surface area contributed by atoms with Crippen molar-refractivity contribution in [3.63, 3.8) is 0 Å². The molecule has 1 aromatic carbocycles. The van der Waals surface area contributed by atoms with Crippen molar-refractivity contribution >= 4 is 18.9 Å². The first kappa shape index (κ1) is 12.7. The fraction of sp³-hybridized carbons (Fsp3) is 0.364. The molecular weight excluding hydrogens is 207 g/mol. The van der Waals surface area contributed by atoms with Crippen LogP contribution < -0.4 is 10.2 Å². The number of aldehydes is 1. The zero-order chi connectivity index (χ0) is 12.3. The molecule has 0 spiro atoms. The molecule has 0 unspecified atom stereocenters. The van der Waals surface area contributed by atoms with Gasteiger partial charge in [0.1, 0.15) is 11.4 Å². The van der Waals surface area contributed by atoms with Crippen LogP contribution in [-0.2, 0) is 0 Å². The fourth-order valence-corrected chi connectivity index (χ4v) is 1.24. The fourth-order valence-electron chi connectivity index (χ4n) is 1.24. The van der Waals surface area contributed by atoms with Gasteiger partial charge in [0.2, 0.25) is 0 Å². The highest BCUT2D eigenvalue weighted by Gasteiger charge is 2.17. The highest BCUT2D eigenvalue weighted by atomic mass is 16.5. The van der Waals surface area contributed by atoms with Crippen LogP contribution in [-0.4, -0.2) is 29.1 Å². The lowest BCUT2D eigenvalue weighted by atomic mass is 9.79. The van der Waals surface area contributed by atoms with E-state index in [0.29, 0.717) is 17.6 Å². The van der Waals surface area contributed by atoms with Gasteiger partial charge >= 0.3 is 7.12 Å². The Balaban J connectivity index is 3.07. The highest BCUT2D eigenvalue weighted by Crippen LogP contribution is 2.20. The summed E-state index contributed by atoms with van der Waals surface area (Å²) in [6, 6.07) is 4.47. The third-order valence-electron chi connectivity index (χ3n) is 1.88. The van der Waals surface area contributed by atoms with Gasteiger partial charge in [-0.15, -0.1) is 0 Å². The van der Waals surface area contributed by atoms with Gasteiger partial charge in [-0.3, -0.25) is 4.79 Å². The first-order valence-electron chi connectivity index (χ1n) is 4.98. The molecule has 0 radical (unpaired) electrons. The molecule has 0 aromatic heterocycles. The van der Waals surface area contributed by atoms with Crippen molar-refractivity contribution in [2.45, 2.75) is 26.4 Å². The number of ether oxygens (including phenoxy) is 1. The number of carbonyl (C=O) groups is 1. The van der Waals surface area contributed by atoms with Crippen molar-refractivity contribution in [2.24, 2.45) is 0 Å². The highest BCUT2D eigenvalue weighted by molar-refractivity contribution is 6.58. The van der Waals surface area contributed by atoms with E-state index in [9.17, 15) is 4.79 Å². The summed E-state index contributed by atoms with van der Waals surface area (Å²) in [6.45, 7) is 5.61. The molecule has 16 heavy (non-hydrogen) atoms. The zero-order valence-electron chi connectivity index (χ0n) is 9.60. The number of carbonyl (C=O) groups excluding carboxylic acids is 1. The zero-order valence-corrected chi connectivity index (χ0v) is 9.60. The first-order valence-corrected chi connectivity index (χ1v) is 4.98. The van der Waals surface area contributed by atoms with Gasteiger partial charge in [0, 0.05) is 0 Å². The molecule has 0 aliphatic heterocycles. The van der Waals surface area contributed by atoms with E-state index in [0.717, 1.165) is 0 Å². The SMILES string of the molecule is CC(C)(C)Oc1ccc(B(O)O)cc1C=O. The lowest BCUT2D eigenvalue weighted by Crippen LogP contribution is -2.30. The quantitative estimate of drug-likeness (QED) is 0.572. The minimum Gasteiger partial charge on any atom is -0.487 e. The smallest absolute Gasteiger partial charge is 0.487 e. The van der Waals surface area contributed by atoms with Gasteiger partial charge in [0.05, 0.1) is 5.56 Å². The Kier molecular flexibility index (Phi) is 3.72. The molecule has 0 amide bonds. The van der Waals surface area contributed by atoms with Crippen molar-refractivity contribution in [2.75, 3.05) is 0 Å². The maximum absolute atomic E-state index is 10.8. The van der Waals surface area contributed by atoms with Gasteiger partial charge in [-0.25, -0.2) is 0 Å². The van der Waals surface area contributed by atoms with E-state index >= 15 is 0 Å². The van der Waals surface area contributed by atoms with Gasteiger partial charge in [0.25, 0.3) is 0 Å². The molecule has 5 heteroatoms. The van der Waals surface area contributed by atoms with Crippen LogP contribution in [0.2, 0.25) is 0 Å². The van der Waals surface area contributed by atoms with Crippen LogP contribution in [0, 0.1) is 0 Å². The van der Waals surface area contributed by atoms with Crippen LogP contribution in [0.5, 0.6) is 5.75 Å². The van der Waals surface area contributed by atoms with Gasteiger partial charge in [-0.1, -0.05) is 6.07 Å². The standard InChI is InChI=1S/C11H15BO4/c1-11(2,3)16-10-5-4-9(12(14)15)6-8(10)7-13/h4-7,14-15H,1-3H3. The molecule has 2 N–H and O–H groups in total. The second-order valence-electron chi connectivity index (χ2n) is 4.50. The third kappa shape index (κ3) is 3.36. The van der Waals surface area contributed by atoms with Crippen LogP contribution in [0.1, 0.15) is 31.1 Å². The Morgan fingerprint density at radius 3 is 2.38 bits per heavy atom. The average Bonchev–Trinajstić information content (AvgIpc) is 2.15. The second-order valence-corrected chi connectivity index (χ2v) is 4.50. The summed E-state index contributed by atoms with van der Waals surface area (Å²) >= 11 is 0. The van der Waals surface area contributed by atoms with Crippen LogP contribution in [0.4, 0.5) is 0 Å². The summed E-state index contributed by atoms with van der Waals surface area (Å²) in [5.41, 5.74) is 0.167. The molecule has 0 aliphatic rings. The van der Waals surface area contributed by atoms with Gasteiger partial charge in [0.15, 0.2) is 6.29 Å². The predicted molar refractivity (Wildman–Crippen MR) is 62.0 cm³/mol. The third-order valence-corrected chi connectivity index (χ3v) is 1.88. The topological polar surface area (TPSA) is 66.8 Å². The summed E-state index contributed by atoms with van der Waals surface area (Å²) in [4.78, 5) is 10.8. The number of hydrogen-bond acceptors (Lipinski definition) is 4. The molecule has 0 bridgehead atoms. The molecular formula is C11H15BO4. The van der Waals surface area contributed by atoms with E-state index in [2.05, 4.69) is 0 Å². The predicted octanol–water partition coefficient (Wildman–Crippen LogP) is 0.356. The van der Waals surface area contributed by atoms with Crippen LogP contribution in [0.25, 0.3) is 0 Å². The Bertz CT molecular complexity index is 382. The molecule has 1 rings (SSSR count). The molecule has 0 fully saturated rings. The molecule has 0 saturated carbocycles. The van der Waals surface area contributed by atoms with E-state index in [1.165, 1.54) is 12.1 Å². The lowest BCUT2D eigenvalue weighted by Gasteiger charge is -2.22. The molecule has 0 aliphatic carbocycles. The Hall–Kier alpha value is -1.33. The van der Waals surface area contributed by atoms with Gasteiger partial charge in [-0.05, 0) is 38.4 Å². The normalized spacial score (nSPS) is 11.1. The summed E-state index contributed by atoms with van der Waals surface area (Å²) in [5.74, 6) is 0.437. The Morgan fingerprint density at radius 1 is 1.31 bits per heavy atom. The van der Waals surface area contributed by atoms with E-state index in [1.807, 2.05) is 20.8 Å². The lowest BCUT2D eigenvalue weighted by molar-refractivity contribution is 0.109. The van der Waals surface area contributed by atoms with Crippen molar-refractivity contribution in [3.05, 3.63) is 23.8 Å². The Labute approximate surface area is 95.0 Å². The first-order chi connectivity index (χ1) is 7.33. The maximum Gasteiger partial charge on any atom is 0.488 e. The maximum atomic E-state index is 10.8. The molecule has 4 nitrogen and oxygen atoms in total. The Morgan fingerprint density at radius 2 is 1.94 bits per heavy atom. The van der Waals surface area contributed by atoms with Crippen molar-refractivity contribution in [1.82, 2.24) is 0 Å². The van der Waals surface area contributed by atoms with Gasteiger partial charge in [-0.2, -0.15) is 0 Å². The monoisotopic (exact) mass is 222 g/mol. The molecule has 1 aromatic rings. The summed E-state index contributed by atoms with van der Waals surface area (Å²) in [7, 11) is -1.58. The van der Waals surface area contributed by atoms with Crippen LogP contribution >= 0.6 is 0 Å². The van der Waals surface area contributed by atoms with Gasteiger partial charge < -0.3 is 14.8 Å². The minimum atomic E-state index is -1.58. The summed E-state index contributed by atoms with van der Waals surface area (Å²) < 4.78 is 5.56. The number of rotatable bonds is 3. The molecule has 86 valence electrons. The number of benzene rings is 1.